The Labute approximate surface area is 192 Å². The van der Waals surface area contributed by atoms with Crippen molar-refractivity contribution in [3.05, 3.63) is 64.7 Å². The monoisotopic (exact) mass is 480 g/mol. The van der Waals surface area contributed by atoms with E-state index in [2.05, 4.69) is 5.32 Å². The number of benzene rings is 2. The third kappa shape index (κ3) is 5.23. The molecule has 1 aliphatic rings. The molecule has 10 heteroatoms. The van der Waals surface area contributed by atoms with Crippen molar-refractivity contribution in [3.63, 3.8) is 0 Å². The van der Waals surface area contributed by atoms with E-state index in [4.69, 9.17) is 21.1 Å². The summed E-state index contributed by atoms with van der Waals surface area (Å²) in [5.74, 6) is -1.22. The number of hydrogen-bond donors (Lipinski definition) is 1. The summed E-state index contributed by atoms with van der Waals surface area (Å²) in [4.78, 5) is 25.6. The molecule has 3 atom stereocenters. The van der Waals surface area contributed by atoms with Crippen molar-refractivity contribution >= 4 is 33.5 Å². The molecule has 2 aromatic rings. The minimum Gasteiger partial charge on any atom is -0.497 e. The highest BCUT2D eigenvalue weighted by molar-refractivity contribution is 7.88. The van der Waals surface area contributed by atoms with Gasteiger partial charge in [0.25, 0.3) is 0 Å². The van der Waals surface area contributed by atoms with Crippen LogP contribution in [0.4, 0.5) is 0 Å². The minimum absolute atomic E-state index is 0.00147. The van der Waals surface area contributed by atoms with Crippen LogP contribution in [0.2, 0.25) is 5.02 Å². The highest BCUT2D eigenvalue weighted by Crippen LogP contribution is 2.43. The Balaban J connectivity index is 1.90. The third-order valence-corrected chi connectivity index (χ3v) is 6.97. The average molecular weight is 481 g/mol. The smallest absolute Gasteiger partial charge is 0.310 e. The topological polar surface area (TPSA) is 102 Å². The second-order valence-electron chi connectivity index (χ2n) is 7.54. The molecule has 0 saturated carbocycles. The quantitative estimate of drug-likeness (QED) is 0.611. The molecule has 1 heterocycles. The Hall–Kier alpha value is -2.62. The summed E-state index contributed by atoms with van der Waals surface area (Å²) in [6.45, 7) is 0.200. The maximum absolute atomic E-state index is 13.1. The van der Waals surface area contributed by atoms with Gasteiger partial charge in [0.15, 0.2) is 0 Å². The van der Waals surface area contributed by atoms with Gasteiger partial charge >= 0.3 is 5.97 Å². The highest BCUT2D eigenvalue weighted by atomic mass is 35.5. The lowest BCUT2D eigenvalue weighted by Crippen LogP contribution is -2.46. The zero-order chi connectivity index (χ0) is 23.5. The second-order valence-corrected chi connectivity index (χ2v) is 9.86. The molecular formula is C22H25ClN2O6S. The molecule has 2 aromatic carbocycles. The van der Waals surface area contributed by atoms with Crippen LogP contribution in [-0.2, 0) is 30.9 Å². The van der Waals surface area contributed by atoms with E-state index in [1.54, 1.807) is 55.6 Å². The standard InChI is InChI=1S/C22H25ClN2O6S/c1-30-17-10-4-14(5-11-17)13-24-21(26)19-12-18(22(27)31-2)20(25(19)32(3,28)29)15-6-8-16(23)9-7-15/h4-11,18-20H,12-13H2,1-3H3,(H,24,26). The van der Waals surface area contributed by atoms with Crippen molar-refractivity contribution in [2.75, 3.05) is 20.5 Å². The molecule has 1 saturated heterocycles. The number of esters is 1. The van der Waals surface area contributed by atoms with Gasteiger partial charge in [0.2, 0.25) is 15.9 Å². The summed E-state index contributed by atoms with van der Waals surface area (Å²) in [5.41, 5.74) is 1.38. The van der Waals surface area contributed by atoms with E-state index >= 15 is 0 Å². The van der Waals surface area contributed by atoms with Crippen molar-refractivity contribution in [2.45, 2.75) is 25.0 Å². The number of amides is 1. The lowest BCUT2D eigenvalue weighted by molar-refractivity contribution is -0.146. The first-order valence-electron chi connectivity index (χ1n) is 9.88. The number of hydrogen-bond acceptors (Lipinski definition) is 6. The fourth-order valence-corrected chi connectivity index (χ4v) is 5.42. The summed E-state index contributed by atoms with van der Waals surface area (Å²) in [6.07, 6.45) is 1.03. The van der Waals surface area contributed by atoms with E-state index in [1.165, 1.54) is 7.11 Å². The van der Waals surface area contributed by atoms with Crippen LogP contribution in [-0.4, -0.2) is 51.1 Å². The summed E-state index contributed by atoms with van der Waals surface area (Å²) in [6, 6.07) is 11.7. The molecule has 0 radical (unpaired) electrons. The van der Waals surface area contributed by atoms with Gasteiger partial charge in [-0.3, -0.25) is 9.59 Å². The first-order valence-corrected chi connectivity index (χ1v) is 12.1. The molecule has 0 aromatic heterocycles. The summed E-state index contributed by atoms with van der Waals surface area (Å²) in [5, 5.41) is 3.25. The SMILES string of the molecule is COC(=O)C1CC(C(=O)NCc2ccc(OC)cc2)N(S(C)(=O)=O)C1c1ccc(Cl)cc1. The molecule has 1 aliphatic heterocycles. The van der Waals surface area contributed by atoms with E-state index in [9.17, 15) is 18.0 Å². The van der Waals surface area contributed by atoms with E-state index < -0.39 is 39.9 Å². The number of rotatable bonds is 7. The lowest BCUT2D eigenvalue weighted by atomic mass is 9.93. The average Bonchev–Trinajstić information content (AvgIpc) is 3.19. The fourth-order valence-electron chi connectivity index (χ4n) is 3.97. The van der Waals surface area contributed by atoms with Crippen LogP contribution in [0.25, 0.3) is 0 Å². The molecular weight excluding hydrogens is 456 g/mol. The van der Waals surface area contributed by atoms with Crippen molar-refractivity contribution < 1.29 is 27.5 Å². The zero-order valence-electron chi connectivity index (χ0n) is 17.9. The van der Waals surface area contributed by atoms with Crippen molar-refractivity contribution in [1.29, 1.82) is 0 Å². The summed E-state index contributed by atoms with van der Waals surface area (Å²) < 4.78 is 36.6. The van der Waals surface area contributed by atoms with Crippen LogP contribution >= 0.6 is 11.6 Å². The second kappa shape index (κ2) is 9.89. The molecule has 1 fully saturated rings. The molecule has 1 N–H and O–H groups in total. The van der Waals surface area contributed by atoms with Gasteiger partial charge < -0.3 is 14.8 Å². The Morgan fingerprint density at radius 2 is 1.72 bits per heavy atom. The predicted octanol–water partition coefficient (Wildman–Crippen LogP) is 2.53. The van der Waals surface area contributed by atoms with E-state index in [0.29, 0.717) is 16.3 Å². The van der Waals surface area contributed by atoms with Crippen LogP contribution in [0.5, 0.6) is 5.75 Å². The number of methoxy groups -OCH3 is 2. The number of ether oxygens (including phenoxy) is 2. The maximum atomic E-state index is 13.1. The zero-order valence-corrected chi connectivity index (χ0v) is 19.5. The normalized spacial score (nSPS) is 21.2. The first kappa shape index (κ1) is 24.0. The molecule has 3 unspecified atom stereocenters. The largest absolute Gasteiger partial charge is 0.497 e. The minimum atomic E-state index is -3.86. The van der Waals surface area contributed by atoms with Gasteiger partial charge in [0.1, 0.15) is 11.8 Å². The van der Waals surface area contributed by atoms with E-state index in [-0.39, 0.29) is 13.0 Å². The number of nitrogens with one attached hydrogen (secondary N) is 1. The van der Waals surface area contributed by atoms with Crippen molar-refractivity contribution in [2.24, 2.45) is 5.92 Å². The molecule has 0 spiro atoms. The summed E-state index contributed by atoms with van der Waals surface area (Å²) in [7, 11) is -1.06. The number of nitrogens with zero attached hydrogens (tertiary/aromatic N) is 1. The number of carbonyl (C=O) groups excluding carboxylic acids is 2. The van der Waals surface area contributed by atoms with E-state index in [0.717, 1.165) is 16.1 Å². The molecule has 0 bridgehead atoms. The van der Waals surface area contributed by atoms with Crippen LogP contribution in [0.3, 0.4) is 0 Å². The van der Waals surface area contributed by atoms with Gasteiger partial charge in [-0.1, -0.05) is 35.9 Å². The molecule has 3 rings (SSSR count). The van der Waals surface area contributed by atoms with E-state index in [1.807, 2.05) is 0 Å². The number of carbonyl (C=O) groups is 2. The number of halogens is 1. The molecule has 0 aliphatic carbocycles. The molecule has 1 amide bonds. The molecule has 32 heavy (non-hydrogen) atoms. The van der Waals surface area contributed by atoms with Gasteiger partial charge in [-0.2, -0.15) is 4.31 Å². The van der Waals surface area contributed by atoms with Gasteiger partial charge in [0.05, 0.1) is 32.4 Å². The number of sulfonamides is 1. The predicted molar refractivity (Wildman–Crippen MR) is 120 cm³/mol. The van der Waals surface area contributed by atoms with Crippen molar-refractivity contribution in [3.8, 4) is 5.75 Å². The van der Waals surface area contributed by atoms with Crippen LogP contribution in [0.15, 0.2) is 48.5 Å². The lowest BCUT2D eigenvalue weighted by Gasteiger charge is -2.28. The van der Waals surface area contributed by atoms with Gasteiger partial charge in [0, 0.05) is 11.6 Å². The Kier molecular flexibility index (Phi) is 7.43. The Morgan fingerprint density at radius 1 is 1.09 bits per heavy atom. The molecule has 8 nitrogen and oxygen atoms in total. The maximum Gasteiger partial charge on any atom is 0.310 e. The Morgan fingerprint density at radius 3 is 2.25 bits per heavy atom. The van der Waals surface area contributed by atoms with Gasteiger partial charge in [-0.25, -0.2) is 8.42 Å². The summed E-state index contributed by atoms with van der Waals surface area (Å²) >= 11 is 5.97. The van der Waals surface area contributed by atoms with Gasteiger partial charge in [-0.15, -0.1) is 0 Å². The fraction of sp³-hybridized carbons (Fsp3) is 0.364. The van der Waals surface area contributed by atoms with Crippen LogP contribution < -0.4 is 10.1 Å². The molecule has 172 valence electrons. The third-order valence-electron chi connectivity index (χ3n) is 5.47. The highest BCUT2D eigenvalue weighted by Gasteiger charge is 2.52. The van der Waals surface area contributed by atoms with Crippen LogP contribution in [0.1, 0.15) is 23.6 Å². The first-order chi connectivity index (χ1) is 15.2. The van der Waals surface area contributed by atoms with Crippen molar-refractivity contribution in [1.82, 2.24) is 9.62 Å². The Bertz CT molecular complexity index is 1070. The van der Waals surface area contributed by atoms with Gasteiger partial charge in [-0.05, 0) is 41.8 Å². The van der Waals surface area contributed by atoms with Crippen LogP contribution in [0, 0.1) is 5.92 Å².